The molecule has 6 nitrogen and oxygen atoms in total. The van der Waals surface area contributed by atoms with Gasteiger partial charge in [-0.2, -0.15) is 0 Å². The van der Waals surface area contributed by atoms with Crippen molar-refractivity contribution in [3.63, 3.8) is 0 Å². The van der Waals surface area contributed by atoms with Gasteiger partial charge in [0.05, 0.1) is 4.90 Å². The Morgan fingerprint density at radius 1 is 1.04 bits per heavy atom. The first-order valence-electron chi connectivity index (χ1n) is 8.96. The molecule has 1 amide bonds. The summed E-state index contributed by atoms with van der Waals surface area (Å²) in [6, 6.07) is 15.5. The van der Waals surface area contributed by atoms with Gasteiger partial charge in [0, 0.05) is 24.3 Å². The fourth-order valence-corrected chi connectivity index (χ4v) is 3.81. The molecule has 0 atom stereocenters. The summed E-state index contributed by atoms with van der Waals surface area (Å²) in [5, 5.41) is 0. The molecule has 0 unspecified atom stereocenters. The van der Waals surface area contributed by atoms with Crippen molar-refractivity contribution in [1.29, 1.82) is 0 Å². The highest BCUT2D eigenvalue weighted by Gasteiger charge is 2.19. The molecular weight excluding hydrogens is 362 g/mol. The molecule has 0 fully saturated rings. The van der Waals surface area contributed by atoms with E-state index in [1.54, 1.807) is 17.0 Å². The molecule has 0 radical (unpaired) electrons. The molecule has 27 heavy (non-hydrogen) atoms. The minimum Gasteiger partial charge on any atom is -0.309 e. The standard InChI is InChI=1S/C20H27N3O3S/c1-4-23(18-11-6-5-7-12-18)20(24)17-10-8-13-19(16-17)27(25,26)21-14-9-15-22(2)3/h5-8,10-13,16,21H,4,9,14-15H2,1-3H3. The highest BCUT2D eigenvalue weighted by atomic mass is 32.2. The normalized spacial score (nSPS) is 11.6. The lowest BCUT2D eigenvalue weighted by Gasteiger charge is -2.21. The second-order valence-electron chi connectivity index (χ2n) is 6.47. The first kappa shape index (κ1) is 21.1. The van der Waals surface area contributed by atoms with E-state index in [1.807, 2.05) is 56.3 Å². The van der Waals surface area contributed by atoms with Crippen molar-refractivity contribution < 1.29 is 13.2 Å². The van der Waals surface area contributed by atoms with Gasteiger partial charge in [0.25, 0.3) is 5.91 Å². The topological polar surface area (TPSA) is 69.7 Å². The lowest BCUT2D eigenvalue weighted by molar-refractivity contribution is 0.0988. The maximum atomic E-state index is 12.9. The Bertz CT molecular complexity index is 852. The van der Waals surface area contributed by atoms with E-state index < -0.39 is 10.0 Å². The fourth-order valence-electron chi connectivity index (χ4n) is 2.69. The van der Waals surface area contributed by atoms with Gasteiger partial charge in [0.15, 0.2) is 0 Å². The highest BCUT2D eigenvalue weighted by Crippen LogP contribution is 2.18. The summed E-state index contributed by atoms with van der Waals surface area (Å²) in [5.74, 6) is -0.228. The highest BCUT2D eigenvalue weighted by molar-refractivity contribution is 7.89. The van der Waals surface area contributed by atoms with Gasteiger partial charge < -0.3 is 9.80 Å². The van der Waals surface area contributed by atoms with E-state index in [9.17, 15) is 13.2 Å². The molecule has 0 saturated heterocycles. The summed E-state index contributed by atoms with van der Waals surface area (Å²) < 4.78 is 27.6. The Kier molecular flexibility index (Phi) is 7.53. The van der Waals surface area contributed by atoms with Crippen molar-refractivity contribution in [2.45, 2.75) is 18.2 Å². The number of carbonyl (C=O) groups is 1. The first-order chi connectivity index (χ1) is 12.8. The molecule has 7 heteroatoms. The van der Waals surface area contributed by atoms with Gasteiger partial charge in [-0.3, -0.25) is 4.79 Å². The van der Waals surface area contributed by atoms with E-state index in [1.165, 1.54) is 12.1 Å². The third kappa shape index (κ3) is 5.89. The van der Waals surface area contributed by atoms with E-state index in [0.29, 0.717) is 25.1 Å². The maximum absolute atomic E-state index is 12.9. The van der Waals surface area contributed by atoms with Crippen LogP contribution >= 0.6 is 0 Å². The van der Waals surface area contributed by atoms with Gasteiger partial charge in [0.2, 0.25) is 10.0 Å². The quantitative estimate of drug-likeness (QED) is 0.669. The molecule has 0 aliphatic rings. The Hall–Kier alpha value is -2.22. The smallest absolute Gasteiger partial charge is 0.258 e. The second kappa shape index (κ2) is 9.64. The number of carbonyl (C=O) groups excluding carboxylic acids is 1. The van der Waals surface area contributed by atoms with Gasteiger partial charge >= 0.3 is 0 Å². The van der Waals surface area contributed by atoms with Crippen LogP contribution in [0.4, 0.5) is 5.69 Å². The Balaban J connectivity index is 2.17. The molecule has 146 valence electrons. The van der Waals surface area contributed by atoms with E-state index in [2.05, 4.69) is 4.72 Å². The summed E-state index contributed by atoms with van der Waals surface area (Å²) in [5.41, 5.74) is 1.12. The Morgan fingerprint density at radius 3 is 2.37 bits per heavy atom. The van der Waals surface area contributed by atoms with Crippen LogP contribution in [0.2, 0.25) is 0 Å². The van der Waals surface area contributed by atoms with Crippen LogP contribution in [0.5, 0.6) is 0 Å². The van der Waals surface area contributed by atoms with Gasteiger partial charge in [-0.15, -0.1) is 0 Å². The van der Waals surface area contributed by atoms with Crippen molar-refractivity contribution >= 4 is 21.6 Å². The zero-order valence-electron chi connectivity index (χ0n) is 16.1. The van der Waals surface area contributed by atoms with Crippen LogP contribution in [-0.4, -0.2) is 53.0 Å². The molecule has 0 bridgehead atoms. The number of hydrogen-bond donors (Lipinski definition) is 1. The Morgan fingerprint density at radius 2 is 1.74 bits per heavy atom. The largest absolute Gasteiger partial charge is 0.309 e. The molecule has 2 aromatic rings. The minimum absolute atomic E-state index is 0.0994. The number of nitrogens with zero attached hydrogens (tertiary/aromatic N) is 2. The van der Waals surface area contributed by atoms with E-state index in [4.69, 9.17) is 0 Å². The summed E-state index contributed by atoms with van der Waals surface area (Å²) >= 11 is 0. The summed E-state index contributed by atoms with van der Waals surface area (Å²) in [4.78, 5) is 16.6. The minimum atomic E-state index is -3.65. The zero-order valence-corrected chi connectivity index (χ0v) is 16.9. The van der Waals surface area contributed by atoms with Crippen molar-refractivity contribution in [3.8, 4) is 0 Å². The van der Waals surface area contributed by atoms with Crippen molar-refractivity contribution in [2.75, 3.05) is 38.6 Å². The third-order valence-electron chi connectivity index (χ3n) is 4.09. The van der Waals surface area contributed by atoms with E-state index in [0.717, 1.165) is 12.2 Å². The predicted molar refractivity (Wildman–Crippen MR) is 109 cm³/mol. The van der Waals surface area contributed by atoms with Gasteiger partial charge in [-0.1, -0.05) is 24.3 Å². The number of nitrogens with one attached hydrogen (secondary N) is 1. The van der Waals surface area contributed by atoms with Gasteiger partial charge in [-0.25, -0.2) is 13.1 Å². The van der Waals surface area contributed by atoms with Crippen LogP contribution in [-0.2, 0) is 10.0 Å². The lowest BCUT2D eigenvalue weighted by Crippen LogP contribution is -2.31. The first-order valence-corrected chi connectivity index (χ1v) is 10.4. The fraction of sp³-hybridized carbons (Fsp3) is 0.350. The molecule has 0 saturated carbocycles. The maximum Gasteiger partial charge on any atom is 0.258 e. The summed E-state index contributed by atoms with van der Waals surface area (Å²) in [6.07, 6.45) is 0.711. The van der Waals surface area contributed by atoms with Crippen molar-refractivity contribution in [3.05, 3.63) is 60.2 Å². The number of anilines is 1. The van der Waals surface area contributed by atoms with E-state index in [-0.39, 0.29) is 10.8 Å². The zero-order chi connectivity index (χ0) is 19.9. The number of sulfonamides is 1. The molecule has 2 rings (SSSR count). The molecule has 0 aliphatic carbocycles. The molecule has 0 heterocycles. The average Bonchev–Trinajstić information content (AvgIpc) is 2.66. The summed E-state index contributed by atoms with van der Waals surface area (Å²) in [6.45, 7) is 3.52. The number of amides is 1. The van der Waals surface area contributed by atoms with Crippen molar-refractivity contribution in [1.82, 2.24) is 9.62 Å². The van der Waals surface area contributed by atoms with Crippen LogP contribution in [0, 0.1) is 0 Å². The van der Waals surface area contributed by atoms with E-state index >= 15 is 0 Å². The SMILES string of the molecule is CCN(C(=O)c1cccc(S(=O)(=O)NCCCN(C)C)c1)c1ccccc1. The monoisotopic (exact) mass is 389 g/mol. The summed E-state index contributed by atoms with van der Waals surface area (Å²) in [7, 11) is 0.230. The number of rotatable bonds is 9. The number of para-hydroxylation sites is 1. The van der Waals surface area contributed by atoms with Crippen LogP contribution in [0.1, 0.15) is 23.7 Å². The molecule has 0 spiro atoms. The Labute approximate surface area is 161 Å². The molecule has 2 aromatic carbocycles. The van der Waals surface area contributed by atoms with Gasteiger partial charge in [-0.05, 0) is 64.3 Å². The van der Waals surface area contributed by atoms with Crippen LogP contribution in [0.3, 0.4) is 0 Å². The second-order valence-corrected chi connectivity index (χ2v) is 8.23. The van der Waals surface area contributed by atoms with Crippen LogP contribution in [0.25, 0.3) is 0 Å². The molecule has 0 aliphatic heterocycles. The average molecular weight is 390 g/mol. The van der Waals surface area contributed by atoms with Crippen molar-refractivity contribution in [2.24, 2.45) is 0 Å². The number of hydrogen-bond acceptors (Lipinski definition) is 4. The number of benzene rings is 2. The lowest BCUT2D eigenvalue weighted by atomic mass is 10.2. The van der Waals surface area contributed by atoms with Gasteiger partial charge in [0.1, 0.15) is 0 Å². The molecule has 1 N–H and O–H groups in total. The molecule has 0 aromatic heterocycles. The van der Waals surface area contributed by atoms with Crippen LogP contribution < -0.4 is 9.62 Å². The molecular formula is C20H27N3O3S. The third-order valence-corrected chi connectivity index (χ3v) is 5.55. The van der Waals surface area contributed by atoms with Crippen LogP contribution in [0.15, 0.2) is 59.5 Å². The predicted octanol–water partition coefficient (Wildman–Crippen LogP) is 2.58.